The van der Waals surface area contributed by atoms with Gasteiger partial charge in [0.1, 0.15) is 5.54 Å². The number of carboxylic acids is 1. The van der Waals surface area contributed by atoms with Gasteiger partial charge in [-0.05, 0) is 38.5 Å². The summed E-state index contributed by atoms with van der Waals surface area (Å²) < 4.78 is 0. The van der Waals surface area contributed by atoms with Crippen molar-refractivity contribution in [3.05, 3.63) is 0 Å². The van der Waals surface area contributed by atoms with Gasteiger partial charge >= 0.3 is 12.0 Å². The smallest absolute Gasteiger partial charge is 0.329 e. The first-order chi connectivity index (χ1) is 8.60. The normalized spacial score (nSPS) is 27.9. The molecule has 0 aromatic rings. The van der Waals surface area contributed by atoms with E-state index in [9.17, 15) is 14.7 Å². The summed E-state index contributed by atoms with van der Waals surface area (Å²) in [7, 11) is 0. The molecule has 5 nitrogen and oxygen atoms in total. The van der Waals surface area contributed by atoms with Gasteiger partial charge < -0.3 is 15.3 Å². The van der Waals surface area contributed by atoms with Crippen molar-refractivity contribution in [1.29, 1.82) is 0 Å². The van der Waals surface area contributed by atoms with Crippen LogP contribution in [0.3, 0.4) is 0 Å². The predicted molar refractivity (Wildman–Crippen MR) is 67.4 cm³/mol. The van der Waals surface area contributed by atoms with Gasteiger partial charge in [0.15, 0.2) is 0 Å². The van der Waals surface area contributed by atoms with E-state index in [0.717, 1.165) is 32.1 Å². The molecular weight excluding hydrogens is 232 g/mol. The molecule has 1 atom stereocenters. The van der Waals surface area contributed by atoms with Crippen LogP contribution in [-0.2, 0) is 4.79 Å². The lowest BCUT2D eigenvalue weighted by atomic mass is 9.90. The number of aliphatic carboxylic acids is 1. The number of rotatable bonds is 4. The van der Waals surface area contributed by atoms with Gasteiger partial charge in [-0.25, -0.2) is 9.59 Å². The molecule has 2 N–H and O–H groups in total. The standard InChI is InChI=1S/C13H22N2O3/c1-2-7-13(11(16)17)8-4-9-15(13)12(18)14-10-5-3-6-10/h10H,2-9H2,1H3,(H,14,18)(H,16,17). The lowest BCUT2D eigenvalue weighted by molar-refractivity contribution is -0.148. The summed E-state index contributed by atoms with van der Waals surface area (Å²) in [5.41, 5.74) is -0.970. The number of carbonyl (C=O) groups excluding carboxylic acids is 1. The lowest BCUT2D eigenvalue weighted by Gasteiger charge is -2.37. The Morgan fingerprint density at radius 2 is 2.11 bits per heavy atom. The van der Waals surface area contributed by atoms with E-state index in [0.29, 0.717) is 19.4 Å². The second kappa shape index (κ2) is 5.16. The number of carboxylic acid groups (broad SMARTS) is 1. The molecule has 0 radical (unpaired) electrons. The SMILES string of the molecule is CCCC1(C(=O)O)CCCN1C(=O)NC1CCC1. The Morgan fingerprint density at radius 1 is 1.39 bits per heavy atom. The van der Waals surface area contributed by atoms with Crippen LogP contribution < -0.4 is 5.32 Å². The first kappa shape index (κ1) is 13.2. The van der Waals surface area contributed by atoms with Gasteiger partial charge in [0.2, 0.25) is 0 Å². The molecule has 0 bridgehead atoms. The van der Waals surface area contributed by atoms with Gasteiger partial charge in [-0.3, -0.25) is 0 Å². The molecule has 1 unspecified atom stereocenters. The Balaban J connectivity index is 2.08. The van der Waals surface area contributed by atoms with Gasteiger partial charge in [0.25, 0.3) is 0 Å². The molecular formula is C13H22N2O3. The molecule has 2 aliphatic rings. The number of nitrogens with one attached hydrogen (secondary N) is 1. The molecule has 102 valence electrons. The van der Waals surface area contributed by atoms with E-state index < -0.39 is 11.5 Å². The Kier molecular flexibility index (Phi) is 3.78. The topological polar surface area (TPSA) is 69.6 Å². The molecule has 1 heterocycles. The number of urea groups is 1. The highest BCUT2D eigenvalue weighted by Gasteiger charge is 2.49. The lowest BCUT2D eigenvalue weighted by Crippen LogP contribution is -2.58. The fourth-order valence-electron chi connectivity index (χ4n) is 2.98. The molecule has 0 aromatic carbocycles. The minimum Gasteiger partial charge on any atom is -0.479 e. The molecule has 1 saturated carbocycles. The molecule has 1 saturated heterocycles. The number of nitrogens with zero attached hydrogens (tertiary/aromatic N) is 1. The predicted octanol–water partition coefficient (Wildman–Crippen LogP) is 1.97. The van der Waals surface area contributed by atoms with Crippen LogP contribution >= 0.6 is 0 Å². The summed E-state index contributed by atoms with van der Waals surface area (Å²) in [6.45, 7) is 2.52. The summed E-state index contributed by atoms with van der Waals surface area (Å²) in [5.74, 6) is -0.856. The van der Waals surface area contributed by atoms with Crippen LogP contribution in [0, 0.1) is 0 Å². The summed E-state index contributed by atoms with van der Waals surface area (Å²) in [5, 5.41) is 12.4. The highest BCUT2D eigenvalue weighted by Crippen LogP contribution is 2.34. The molecule has 0 spiro atoms. The summed E-state index contributed by atoms with van der Waals surface area (Å²) in [4.78, 5) is 25.3. The van der Waals surface area contributed by atoms with Crippen LogP contribution in [0.25, 0.3) is 0 Å². The van der Waals surface area contributed by atoms with Crippen molar-refractivity contribution in [2.45, 2.75) is 63.5 Å². The van der Waals surface area contributed by atoms with E-state index in [-0.39, 0.29) is 12.1 Å². The second-order valence-electron chi connectivity index (χ2n) is 5.42. The van der Waals surface area contributed by atoms with Crippen LogP contribution in [0.4, 0.5) is 4.79 Å². The number of likely N-dealkylation sites (tertiary alicyclic amines) is 1. The van der Waals surface area contributed by atoms with Gasteiger partial charge in [0, 0.05) is 12.6 Å². The van der Waals surface area contributed by atoms with E-state index >= 15 is 0 Å². The van der Waals surface area contributed by atoms with Gasteiger partial charge in [0.05, 0.1) is 0 Å². The van der Waals surface area contributed by atoms with E-state index in [4.69, 9.17) is 0 Å². The maximum Gasteiger partial charge on any atom is 0.329 e. The maximum absolute atomic E-state index is 12.2. The molecule has 2 rings (SSSR count). The highest BCUT2D eigenvalue weighted by molar-refractivity contribution is 5.87. The Morgan fingerprint density at radius 3 is 2.61 bits per heavy atom. The average Bonchev–Trinajstić information content (AvgIpc) is 2.69. The van der Waals surface area contributed by atoms with Gasteiger partial charge in [-0.15, -0.1) is 0 Å². The molecule has 1 aliphatic heterocycles. The zero-order valence-electron chi connectivity index (χ0n) is 10.9. The van der Waals surface area contributed by atoms with Crippen molar-refractivity contribution >= 4 is 12.0 Å². The third kappa shape index (κ3) is 2.18. The van der Waals surface area contributed by atoms with Gasteiger partial charge in [-0.2, -0.15) is 0 Å². The van der Waals surface area contributed by atoms with Crippen molar-refractivity contribution in [3.63, 3.8) is 0 Å². The van der Waals surface area contributed by atoms with Crippen LogP contribution in [0.15, 0.2) is 0 Å². The minimum atomic E-state index is -0.970. The molecule has 2 fully saturated rings. The maximum atomic E-state index is 12.2. The summed E-state index contributed by atoms with van der Waals surface area (Å²) >= 11 is 0. The van der Waals surface area contributed by atoms with E-state index in [1.165, 1.54) is 0 Å². The Bertz CT molecular complexity index is 341. The third-order valence-corrected chi connectivity index (χ3v) is 4.23. The average molecular weight is 254 g/mol. The van der Waals surface area contributed by atoms with Crippen molar-refractivity contribution in [2.75, 3.05) is 6.54 Å². The van der Waals surface area contributed by atoms with Crippen LogP contribution in [0.2, 0.25) is 0 Å². The quantitative estimate of drug-likeness (QED) is 0.805. The fourth-order valence-corrected chi connectivity index (χ4v) is 2.98. The van der Waals surface area contributed by atoms with E-state index in [2.05, 4.69) is 5.32 Å². The second-order valence-corrected chi connectivity index (χ2v) is 5.42. The fraction of sp³-hybridized carbons (Fsp3) is 0.846. The van der Waals surface area contributed by atoms with Crippen molar-refractivity contribution < 1.29 is 14.7 Å². The van der Waals surface area contributed by atoms with Crippen molar-refractivity contribution in [1.82, 2.24) is 10.2 Å². The van der Waals surface area contributed by atoms with E-state index in [1.807, 2.05) is 6.92 Å². The number of amides is 2. The van der Waals surface area contributed by atoms with Crippen molar-refractivity contribution in [3.8, 4) is 0 Å². The monoisotopic (exact) mass is 254 g/mol. The van der Waals surface area contributed by atoms with Crippen molar-refractivity contribution in [2.24, 2.45) is 0 Å². The van der Waals surface area contributed by atoms with Crippen LogP contribution in [0.1, 0.15) is 51.9 Å². The van der Waals surface area contributed by atoms with E-state index in [1.54, 1.807) is 4.90 Å². The minimum absolute atomic E-state index is 0.187. The summed E-state index contributed by atoms with van der Waals surface area (Å²) in [6.07, 6.45) is 5.88. The van der Waals surface area contributed by atoms with Crippen LogP contribution in [-0.4, -0.2) is 40.1 Å². The Hall–Kier alpha value is -1.26. The highest BCUT2D eigenvalue weighted by atomic mass is 16.4. The third-order valence-electron chi connectivity index (χ3n) is 4.23. The molecule has 18 heavy (non-hydrogen) atoms. The largest absolute Gasteiger partial charge is 0.479 e. The summed E-state index contributed by atoms with van der Waals surface area (Å²) in [6, 6.07) is 0.0688. The first-order valence-corrected chi connectivity index (χ1v) is 6.91. The zero-order valence-corrected chi connectivity index (χ0v) is 10.9. The molecule has 0 aromatic heterocycles. The number of carbonyl (C=O) groups is 2. The van der Waals surface area contributed by atoms with Crippen LogP contribution in [0.5, 0.6) is 0 Å². The zero-order chi connectivity index (χ0) is 13.2. The first-order valence-electron chi connectivity index (χ1n) is 6.91. The molecule has 5 heteroatoms. The Labute approximate surface area is 108 Å². The number of hydrogen-bond acceptors (Lipinski definition) is 2. The molecule has 1 aliphatic carbocycles. The number of hydrogen-bond donors (Lipinski definition) is 2. The van der Waals surface area contributed by atoms with Gasteiger partial charge in [-0.1, -0.05) is 13.3 Å². The molecule has 2 amide bonds.